The molecule has 2 unspecified atom stereocenters. The average Bonchev–Trinajstić information content (AvgIpc) is 2.62. The molecule has 1 aromatic carbocycles. The van der Waals surface area contributed by atoms with Crippen molar-refractivity contribution in [2.24, 2.45) is 0 Å². The second-order valence-corrected chi connectivity index (χ2v) is 7.11. The molecule has 0 radical (unpaired) electrons. The molecule has 2 atom stereocenters. The van der Waals surface area contributed by atoms with Crippen molar-refractivity contribution >= 4 is 13.2 Å². The highest BCUT2D eigenvalue weighted by molar-refractivity contribution is 7.68. The maximum absolute atomic E-state index is 12.6. The Morgan fingerprint density at radius 1 is 0.789 bits per heavy atom. The number of fused-ring (bicyclic) bond motifs is 2. The predicted octanol–water partition coefficient (Wildman–Crippen LogP) is 4.25. The molecule has 2 bridgehead atoms. The zero-order chi connectivity index (χ0) is 13.5. The van der Waals surface area contributed by atoms with Crippen molar-refractivity contribution in [2.45, 2.75) is 17.5 Å². The van der Waals surface area contributed by atoms with Crippen molar-refractivity contribution in [1.29, 1.82) is 0 Å². The largest absolute Gasteiger partial charge is 0.416 e. The molecule has 0 spiro atoms. The van der Waals surface area contributed by atoms with Crippen LogP contribution in [0.4, 0.5) is 13.2 Å². The van der Waals surface area contributed by atoms with Gasteiger partial charge in [-0.2, -0.15) is 13.2 Å². The van der Waals surface area contributed by atoms with E-state index in [1.165, 1.54) is 12.1 Å². The van der Waals surface area contributed by atoms with E-state index in [0.29, 0.717) is 11.3 Å². The minimum absolute atomic E-state index is 0.340. The Hall–Kier alpha value is -1.34. The monoisotopic (exact) mass is 280 g/mol. The fourth-order valence-electron chi connectivity index (χ4n) is 2.45. The Morgan fingerprint density at radius 3 is 1.79 bits per heavy atom. The van der Waals surface area contributed by atoms with Gasteiger partial charge in [0.15, 0.2) is 0 Å². The summed E-state index contributed by atoms with van der Waals surface area (Å²) < 4.78 is 37.7. The predicted molar refractivity (Wildman–Crippen MR) is 73.0 cm³/mol. The molecule has 98 valence electrons. The van der Waals surface area contributed by atoms with Crippen LogP contribution in [0.1, 0.15) is 5.56 Å². The van der Waals surface area contributed by atoms with Gasteiger partial charge in [-0.3, -0.25) is 0 Å². The lowest BCUT2D eigenvalue weighted by Gasteiger charge is -2.22. The molecule has 0 aliphatic carbocycles. The van der Waals surface area contributed by atoms with E-state index >= 15 is 0 Å². The minimum atomic E-state index is -4.26. The summed E-state index contributed by atoms with van der Waals surface area (Å²) in [7, 11) is -0.505. The van der Waals surface area contributed by atoms with Gasteiger partial charge in [0.1, 0.15) is 0 Å². The van der Waals surface area contributed by atoms with E-state index in [2.05, 4.69) is 24.3 Å². The highest BCUT2D eigenvalue weighted by atomic mass is 31.1. The number of halogens is 3. The van der Waals surface area contributed by atoms with Crippen LogP contribution in [0.2, 0.25) is 0 Å². The van der Waals surface area contributed by atoms with Crippen molar-refractivity contribution in [3.05, 3.63) is 66.3 Å². The molecular weight excluding hydrogens is 268 g/mol. The first kappa shape index (κ1) is 12.7. The SMILES string of the molecule is FC(F)(F)c1ccc(P2C3C=CC=CC2C=C3)cc1. The normalized spacial score (nSPS) is 28.7. The fourth-order valence-corrected chi connectivity index (χ4v) is 5.17. The first-order chi connectivity index (χ1) is 9.05. The molecule has 1 aromatic rings. The summed E-state index contributed by atoms with van der Waals surface area (Å²) in [6.45, 7) is 0. The van der Waals surface area contributed by atoms with Crippen molar-refractivity contribution in [2.75, 3.05) is 0 Å². The molecule has 3 rings (SSSR count). The summed E-state index contributed by atoms with van der Waals surface area (Å²) in [6, 6.07) is 5.65. The molecule has 0 aromatic heterocycles. The van der Waals surface area contributed by atoms with Gasteiger partial charge in [-0.1, -0.05) is 56.5 Å². The topological polar surface area (TPSA) is 0 Å². The van der Waals surface area contributed by atoms with Crippen LogP contribution >= 0.6 is 7.92 Å². The molecule has 0 N–H and O–H groups in total. The standard InChI is InChI=1S/C15H12F3P/c16-15(17,18)11-5-7-14(8-6-11)19-12-3-1-2-4-13(19)10-9-12/h1-10,12-13H. The molecule has 4 heteroatoms. The van der Waals surface area contributed by atoms with Gasteiger partial charge in [0.2, 0.25) is 0 Å². The van der Waals surface area contributed by atoms with Gasteiger partial charge < -0.3 is 0 Å². The number of rotatable bonds is 1. The molecule has 2 heterocycles. The second-order valence-electron chi connectivity index (χ2n) is 4.59. The summed E-state index contributed by atoms with van der Waals surface area (Å²) in [5, 5.41) is 1.03. The number of hydrogen-bond acceptors (Lipinski definition) is 0. The van der Waals surface area contributed by atoms with Crippen LogP contribution in [0.25, 0.3) is 0 Å². The molecule has 0 nitrogen and oxygen atoms in total. The third kappa shape index (κ3) is 2.40. The van der Waals surface area contributed by atoms with E-state index in [-0.39, 0.29) is 0 Å². The summed E-state index contributed by atoms with van der Waals surface area (Å²) in [6.07, 6.45) is 8.36. The smallest absolute Gasteiger partial charge is 0.166 e. The van der Waals surface area contributed by atoms with E-state index in [0.717, 1.165) is 5.30 Å². The summed E-state index contributed by atoms with van der Waals surface area (Å²) >= 11 is 0. The number of allylic oxidation sites excluding steroid dienone is 6. The van der Waals surface area contributed by atoms with Crippen molar-refractivity contribution < 1.29 is 13.2 Å². The first-order valence-corrected chi connectivity index (χ1v) is 7.52. The van der Waals surface area contributed by atoms with Crippen LogP contribution in [-0.4, -0.2) is 11.3 Å². The Kier molecular flexibility index (Phi) is 3.10. The van der Waals surface area contributed by atoms with Crippen LogP contribution in [0, 0.1) is 0 Å². The van der Waals surface area contributed by atoms with E-state index < -0.39 is 19.7 Å². The zero-order valence-corrected chi connectivity index (χ0v) is 10.9. The van der Waals surface area contributed by atoms with Crippen LogP contribution in [0.5, 0.6) is 0 Å². The number of alkyl halides is 3. The molecule has 0 fully saturated rings. The summed E-state index contributed by atoms with van der Waals surface area (Å²) in [5.41, 5.74) is 0.103. The van der Waals surface area contributed by atoms with Gasteiger partial charge in [-0.05, 0) is 17.4 Å². The fraction of sp³-hybridized carbons (Fsp3) is 0.200. The first-order valence-electron chi connectivity index (χ1n) is 6.04. The Bertz CT molecular complexity index is 530. The highest BCUT2D eigenvalue weighted by Gasteiger charge is 2.33. The van der Waals surface area contributed by atoms with Crippen LogP contribution in [0.3, 0.4) is 0 Å². The third-order valence-electron chi connectivity index (χ3n) is 3.37. The molecule has 19 heavy (non-hydrogen) atoms. The van der Waals surface area contributed by atoms with E-state index in [1.54, 1.807) is 12.1 Å². The Morgan fingerprint density at radius 2 is 1.32 bits per heavy atom. The van der Waals surface area contributed by atoms with E-state index in [9.17, 15) is 13.2 Å². The quantitative estimate of drug-likeness (QED) is 0.533. The molecule has 2 aliphatic rings. The van der Waals surface area contributed by atoms with Gasteiger partial charge in [0.05, 0.1) is 5.56 Å². The maximum Gasteiger partial charge on any atom is 0.416 e. The van der Waals surface area contributed by atoms with Gasteiger partial charge in [-0.15, -0.1) is 0 Å². The summed E-state index contributed by atoms with van der Waals surface area (Å²) in [4.78, 5) is 0. The molecular formula is C15H12F3P. The van der Waals surface area contributed by atoms with Crippen molar-refractivity contribution in [3.8, 4) is 0 Å². The molecule has 0 amide bonds. The third-order valence-corrected chi connectivity index (χ3v) is 6.24. The summed E-state index contributed by atoms with van der Waals surface area (Å²) in [5.74, 6) is 0. The number of benzene rings is 1. The minimum Gasteiger partial charge on any atom is -0.166 e. The molecule has 2 aliphatic heterocycles. The van der Waals surface area contributed by atoms with Crippen molar-refractivity contribution in [1.82, 2.24) is 0 Å². The molecule has 0 saturated carbocycles. The maximum atomic E-state index is 12.6. The lowest BCUT2D eigenvalue weighted by molar-refractivity contribution is -0.137. The van der Waals surface area contributed by atoms with Crippen LogP contribution in [-0.2, 0) is 6.18 Å². The van der Waals surface area contributed by atoms with Gasteiger partial charge in [0.25, 0.3) is 0 Å². The van der Waals surface area contributed by atoms with Crippen LogP contribution < -0.4 is 5.30 Å². The molecule has 0 saturated heterocycles. The van der Waals surface area contributed by atoms with E-state index in [4.69, 9.17) is 0 Å². The van der Waals surface area contributed by atoms with Crippen LogP contribution in [0.15, 0.2) is 60.7 Å². The van der Waals surface area contributed by atoms with Gasteiger partial charge in [0, 0.05) is 11.3 Å². The Labute approximate surface area is 111 Å². The zero-order valence-electron chi connectivity index (χ0n) is 10.0. The number of hydrogen-bond donors (Lipinski definition) is 0. The van der Waals surface area contributed by atoms with E-state index in [1.807, 2.05) is 12.2 Å². The van der Waals surface area contributed by atoms with Gasteiger partial charge in [-0.25, -0.2) is 0 Å². The highest BCUT2D eigenvalue weighted by Crippen LogP contribution is 2.53. The average molecular weight is 280 g/mol. The second kappa shape index (κ2) is 4.64. The Balaban J connectivity index is 1.92. The lowest BCUT2D eigenvalue weighted by Crippen LogP contribution is -2.14. The lowest BCUT2D eigenvalue weighted by atomic mass is 10.2. The van der Waals surface area contributed by atoms with Gasteiger partial charge >= 0.3 is 6.18 Å². The van der Waals surface area contributed by atoms with Crippen molar-refractivity contribution in [3.63, 3.8) is 0 Å².